The number of rotatable bonds is 4. The molecule has 94 valence electrons. The number of hydrogen-bond acceptors (Lipinski definition) is 1. The molecule has 2 atom stereocenters. The molecule has 0 bridgehead atoms. The lowest BCUT2D eigenvalue weighted by atomic mass is 10.00. The monoisotopic (exact) mass is 251 g/mol. The quantitative estimate of drug-likeness (QED) is 0.858. The summed E-state index contributed by atoms with van der Waals surface area (Å²) in [5, 5.41) is 4.65. The highest BCUT2D eigenvalue weighted by Crippen LogP contribution is 2.26. The number of nitrogens with one attached hydrogen (secondary N) is 1. The summed E-state index contributed by atoms with van der Waals surface area (Å²) in [4.78, 5) is 0. The van der Waals surface area contributed by atoms with E-state index in [0.29, 0.717) is 18.0 Å². The van der Waals surface area contributed by atoms with Crippen molar-refractivity contribution in [2.24, 2.45) is 5.92 Å². The molecule has 0 aliphatic heterocycles. The second kappa shape index (κ2) is 5.41. The van der Waals surface area contributed by atoms with Crippen molar-refractivity contribution in [3.05, 3.63) is 34.3 Å². The van der Waals surface area contributed by atoms with Gasteiger partial charge in [-0.15, -0.1) is 0 Å². The minimum Gasteiger partial charge on any atom is -0.310 e. The predicted molar refractivity (Wildman–Crippen MR) is 74.7 cm³/mol. The molecule has 1 N–H and O–H groups in total. The highest BCUT2D eigenvalue weighted by atomic mass is 35.5. The summed E-state index contributed by atoms with van der Waals surface area (Å²) in [7, 11) is 0. The zero-order valence-corrected chi connectivity index (χ0v) is 11.7. The van der Waals surface area contributed by atoms with Gasteiger partial charge >= 0.3 is 0 Å². The molecule has 1 aromatic carbocycles. The van der Waals surface area contributed by atoms with Gasteiger partial charge < -0.3 is 5.32 Å². The van der Waals surface area contributed by atoms with Gasteiger partial charge in [0.15, 0.2) is 0 Å². The van der Waals surface area contributed by atoms with E-state index >= 15 is 0 Å². The lowest BCUT2D eigenvalue weighted by Crippen LogP contribution is -2.41. The Hall–Kier alpha value is -0.530. The molecule has 0 spiro atoms. The molecule has 17 heavy (non-hydrogen) atoms. The van der Waals surface area contributed by atoms with E-state index in [1.807, 2.05) is 6.07 Å². The molecule has 0 saturated heterocycles. The summed E-state index contributed by atoms with van der Waals surface area (Å²) in [6.07, 6.45) is 3.47. The zero-order chi connectivity index (χ0) is 12.4. The zero-order valence-electron chi connectivity index (χ0n) is 11.0. The summed E-state index contributed by atoms with van der Waals surface area (Å²) < 4.78 is 0. The van der Waals surface area contributed by atoms with Crippen LogP contribution < -0.4 is 5.32 Å². The van der Waals surface area contributed by atoms with Crippen LogP contribution in [0.15, 0.2) is 18.2 Å². The van der Waals surface area contributed by atoms with E-state index in [-0.39, 0.29) is 0 Å². The fraction of sp³-hybridized carbons (Fsp3) is 0.600. The van der Waals surface area contributed by atoms with E-state index in [4.69, 9.17) is 11.6 Å². The molecular formula is C15H22ClN. The van der Waals surface area contributed by atoms with Crippen LogP contribution in [0, 0.1) is 5.92 Å². The molecule has 2 rings (SSSR count). The third-order valence-electron chi connectivity index (χ3n) is 3.80. The molecular weight excluding hydrogens is 230 g/mol. The molecule has 0 aromatic heterocycles. The van der Waals surface area contributed by atoms with Crippen LogP contribution in [0.1, 0.15) is 38.3 Å². The van der Waals surface area contributed by atoms with Crippen LogP contribution in [0.25, 0.3) is 0 Å². The van der Waals surface area contributed by atoms with Gasteiger partial charge in [0.25, 0.3) is 0 Å². The van der Waals surface area contributed by atoms with Gasteiger partial charge in [-0.3, -0.25) is 0 Å². The van der Waals surface area contributed by atoms with Crippen molar-refractivity contribution >= 4 is 11.6 Å². The van der Waals surface area contributed by atoms with Gasteiger partial charge in [-0.1, -0.05) is 38.4 Å². The standard InChI is InChI=1S/C15H22ClN/c1-4-15(10(2)3)17-14-8-11-5-6-13(16)7-12(11)9-14/h5-7,10,14-15,17H,4,8-9H2,1-3H3. The van der Waals surface area contributed by atoms with Gasteiger partial charge in [-0.05, 0) is 48.4 Å². The summed E-state index contributed by atoms with van der Waals surface area (Å²) >= 11 is 6.03. The van der Waals surface area contributed by atoms with E-state index in [0.717, 1.165) is 17.9 Å². The van der Waals surface area contributed by atoms with Crippen molar-refractivity contribution < 1.29 is 0 Å². The molecule has 2 unspecified atom stereocenters. The number of hydrogen-bond donors (Lipinski definition) is 1. The Morgan fingerprint density at radius 3 is 2.65 bits per heavy atom. The molecule has 1 nitrogen and oxygen atoms in total. The van der Waals surface area contributed by atoms with Crippen LogP contribution >= 0.6 is 11.6 Å². The Bertz CT molecular complexity index is 387. The van der Waals surface area contributed by atoms with Gasteiger partial charge in [0.2, 0.25) is 0 Å². The topological polar surface area (TPSA) is 12.0 Å². The van der Waals surface area contributed by atoms with Crippen LogP contribution in [0.2, 0.25) is 5.02 Å². The Kier molecular flexibility index (Phi) is 4.11. The highest BCUT2D eigenvalue weighted by molar-refractivity contribution is 6.30. The van der Waals surface area contributed by atoms with Crippen molar-refractivity contribution in [3.8, 4) is 0 Å². The maximum Gasteiger partial charge on any atom is 0.0408 e. The second-order valence-electron chi connectivity index (χ2n) is 5.44. The average Bonchev–Trinajstić information content (AvgIpc) is 2.66. The van der Waals surface area contributed by atoms with Gasteiger partial charge in [0.05, 0.1) is 0 Å². The first-order valence-electron chi connectivity index (χ1n) is 6.63. The van der Waals surface area contributed by atoms with E-state index < -0.39 is 0 Å². The Labute approximate surface area is 110 Å². The average molecular weight is 252 g/mol. The third kappa shape index (κ3) is 3.02. The van der Waals surface area contributed by atoms with Crippen LogP contribution in [0.4, 0.5) is 0 Å². The van der Waals surface area contributed by atoms with E-state index in [2.05, 4.69) is 38.2 Å². The highest BCUT2D eigenvalue weighted by Gasteiger charge is 2.24. The van der Waals surface area contributed by atoms with E-state index in [9.17, 15) is 0 Å². The Balaban J connectivity index is 2.00. The lowest BCUT2D eigenvalue weighted by Gasteiger charge is -2.25. The van der Waals surface area contributed by atoms with Gasteiger partial charge in [0.1, 0.15) is 0 Å². The van der Waals surface area contributed by atoms with Gasteiger partial charge in [-0.25, -0.2) is 0 Å². The molecule has 0 radical (unpaired) electrons. The fourth-order valence-electron chi connectivity index (χ4n) is 2.79. The lowest BCUT2D eigenvalue weighted by molar-refractivity contribution is 0.346. The minimum absolute atomic E-state index is 0.593. The van der Waals surface area contributed by atoms with Crippen molar-refractivity contribution in [2.75, 3.05) is 0 Å². The molecule has 0 heterocycles. The SMILES string of the molecule is CCC(NC1Cc2ccc(Cl)cc2C1)C(C)C. The molecule has 0 fully saturated rings. The van der Waals surface area contributed by atoms with Crippen LogP contribution in [-0.4, -0.2) is 12.1 Å². The summed E-state index contributed by atoms with van der Waals surface area (Å²) in [6.45, 7) is 6.84. The van der Waals surface area contributed by atoms with Crippen molar-refractivity contribution in [1.82, 2.24) is 5.32 Å². The van der Waals surface area contributed by atoms with Gasteiger partial charge in [-0.2, -0.15) is 0 Å². The first-order valence-corrected chi connectivity index (χ1v) is 7.01. The number of benzene rings is 1. The summed E-state index contributed by atoms with van der Waals surface area (Å²) in [5.41, 5.74) is 2.89. The molecule has 2 heteroatoms. The van der Waals surface area contributed by atoms with E-state index in [1.54, 1.807) is 0 Å². The second-order valence-corrected chi connectivity index (χ2v) is 5.88. The van der Waals surface area contributed by atoms with Crippen LogP contribution in [0.5, 0.6) is 0 Å². The normalized spacial score (nSPS) is 20.6. The first-order chi connectivity index (χ1) is 8.10. The van der Waals surface area contributed by atoms with E-state index in [1.165, 1.54) is 17.5 Å². The Morgan fingerprint density at radius 1 is 1.29 bits per heavy atom. The predicted octanol–water partition coefficient (Wildman–Crippen LogP) is 3.83. The van der Waals surface area contributed by atoms with Crippen molar-refractivity contribution in [1.29, 1.82) is 0 Å². The molecule has 0 saturated carbocycles. The largest absolute Gasteiger partial charge is 0.310 e. The number of halogens is 1. The van der Waals surface area contributed by atoms with Crippen LogP contribution in [0.3, 0.4) is 0 Å². The molecule has 1 aromatic rings. The smallest absolute Gasteiger partial charge is 0.0408 e. The summed E-state index contributed by atoms with van der Waals surface area (Å²) in [6, 6.07) is 7.52. The molecule has 0 amide bonds. The first kappa shape index (κ1) is 12.9. The van der Waals surface area contributed by atoms with Crippen molar-refractivity contribution in [2.45, 2.75) is 52.1 Å². The van der Waals surface area contributed by atoms with Gasteiger partial charge in [0, 0.05) is 17.1 Å². The fourth-order valence-corrected chi connectivity index (χ4v) is 2.98. The molecule has 1 aliphatic carbocycles. The molecule has 1 aliphatic rings. The maximum atomic E-state index is 6.03. The van der Waals surface area contributed by atoms with Crippen LogP contribution in [-0.2, 0) is 12.8 Å². The minimum atomic E-state index is 0.593. The maximum absolute atomic E-state index is 6.03. The number of fused-ring (bicyclic) bond motifs is 1. The van der Waals surface area contributed by atoms with Crippen molar-refractivity contribution in [3.63, 3.8) is 0 Å². The third-order valence-corrected chi connectivity index (χ3v) is 4.03. The Morgan fingerprint density at radius 2 is 2.00 bits per heavy atom. The summed E-state index contributed by atoms with van der Waals surface area (Å²) in [5.74, 6) is 0.701.